The predicted octanol–water partition coefficient (Wildman–Crippen LogP) is 4.45. The van der Waals surface area contributed by atoms with Crippen LogP contribution in [-0.4, -0.2) is 34.7 Å². The molecule has 3 rings (SSSR count). The molecule has 0 bridgehead atoms. The lowest BCUT2D eigenvalue weighted by Crippen LogP contribution is -2.17. The highest BCUT2D eigenvalue weighted by Gasteiger charge is 2.15. The summed E-state index contributed by atoms with van der Waals surface area (Å²) >= 11 is 13.4. The number of nitrogens with one attached hydrogen (secondary N) is 1. The van der Waals surface area contributed by atoms with E-state index in [1.54, 1.807) is 36.4 Å². The Hall–Kier alpha value is -2.35. The number of benzene rings is 2. The molecular formula is C18H13Cl2N3O3S. The fraction of sp³-hybridized carbons (Fsp3) is 0.111. The van der Waals surface area contributed by atoms with Crippen molar-refractivity contribution in [2.75, 3.05) is 18.2 Å². The molecule has 0 radical (unpaired) electrons. The summed E-state index contributed by atoms with van der Waals surface area (Å²) in [5.41, 5.74) is 1.23. The van der Waals surface area contributed by atoms with Crippen molar-refractivity contribution in [2.24, 2.45) is 0 Å². The number of anilines is 1. The van der Waals surface area contributed by atoms with Crippen LogP contribution in [0.3, 0.4) is 0 Å². The first kappa shape index (κ1) is 19.4. The molecule has 1 amide bonds. The van der Waals surface area contributed by atoms with Gasteiger partial charge in [0.05, 0.1) is 34.7 Å². The number of methoxy groups -OCH3 is 1. The van der Waals surface area contributed by atoms with Gasteiger partial charge in [-0.25, -0.2) is 14.8 Å². The minimum Gasteiger partial charge on any atom is -0.465 e. The molecule has 1 aromatic heterocycles. The molecule has 27 heavy (non-hydrogen) atoms. The molecule has 0 saturated carbocycles. The maximum Gasteiger partial charge on any atom is 0.339 e. The number of para-hydroxylation sites is 1. The number of aromatic nitrogens is 2. The minimum atomic E-state index is -0.523. The largest absolute Gasteiger partial charge is 0.465 e. The highest BCUT2D eigenvalue weighted by molar-refractivity contribution is 8.00. The first-order valence-corrected chi connectivity index (χ1v) is 9.43. The summed E-state index contributed by atoms with van der Waals surface area (Å²) in [5, 5.41) is 4.84. The molecule has 1 N–H and O–H groups in total. The molecule has 6 nitrogen and oxygen atoms in total. The lowest BCUT2D eigenvalue weighted by atomic mass is 10.2. The van der Waals surface area contributed by atoms with Crippen LogP contribution in [0.25, 0.3) is 10.9 Å². The van der Waals surface area contributed by atoms with E-state index in [9.17, 15) is 9.59 Å². The smallest absolute Gasteiger partial charge is 0.339 e. The molecule has 0 saturated heterocycles. The Morgan fingerprint density at radius 3 is 2.74 bits per heavy atom. The van der Waals surface area contributed by atoms with Crippen LogP contribution in [0, 0.1) is 0 Å². The number of hydrogen-bond donors (Lipinski definition) is 1. The summed E-state index contributed by atoms with van der Waals surface area (Å²) in [6, 6.07) is 9.93. The molecule has 0 spiro atoms. The third-order valence-electron chi connectivity index (χ3n) is 3.57. The van der Waals surface area contributed by atoms with Gasteiger partial charge >= 0.3 is 5.97 Å². The van der Waals surface area contributed by atoms with Gasteiger partial charge in [0.25, 0.3) is 0 Å². The second kappa shape index (κ2) is 8.56. The van der Waals surface area contributed by atoms with E-state index in [2.05, 4.69) is 15.3 Å². The lowest BCUT2D eigenvalue weighted by Gasteiger charge is -2.10. The first-order valence-electron chi connectivity index (χ1n) is 7.69. The average Bonchev–Trinajstić information content (AvgIpc) is 2.66. The molecule has 0 unspecified atom stereocenters. The average molecular weight is 422 g/mol. The van der Waals surface area contributed by atoms with Gasteiger partial charge in [-0.3, -0.25) is 4.79 Å². The molecule has 0 aliphatic rings. The van der Waals surface area contributed by atoms with Gasteiger partial charge in [-0.1, -0.05) is 47.1 Å². The van der Waals surface area contributed by atoms with Crippen LogP contribution in [0.4, 0.5) is 5.69 Å². The van der Waals surface area contributed by atoms with Crippen molar-refractivity contribution in [2.45, 2.75) is 5.03 Å². The lowest BCUT2D eigenvalue weighted by molar-refractivity contribution is -0.113. The number of carbonyl (C=O) groups is 2. The molecule has 9 heteroatoms. The van der Waals surface area contributed by atoms with Crippen LogP contribution < -0.4 is 5.32 Å². The van der Waals surface area contributed by atoms with Gasteiger partial charge in [-0.15, -0.1) is 0 Å². The summed E-state index contributed by atoms with van der Waals surface area (Å²) in [6.07, 6.45) is 1.38. The van der Waals surface area contributed by atoms with Gasteiger partial charge in [0, 0.05) is 10.4 Å². The fourth-order valence-electron chi connectivity index (χ4n) is 2.38. The monoisotopic (exact) mass is 421 g/mol. The predicted molar refractivity (Wildman–Crippen MR) is 107 cm³/mol. The van der Waals surface area contributed by atoms with Crippen molar-refractivity contribution in [3.63, 3.8) is 0 Å². The molecular weight excluding hydrogens is 409 g/mol. The Morgan fingerprint density at radius 2 is 1.96 bits per heavy atom. The summed E-state index contributed by atoms with van der Waals surface area (Å²) in [4.78, 5) is 32.5. The standard InChI is InChI=1S/C18H13Cl2N3O3S/c1-26-18(25)11-4-2-3-5-14(11)23-15(24)8-27-17-12-6-10(19)7-13(20)16(12)21-9-22-17/h2-7,9H,8H2,1H3,(H,23,24). The zero-order valence-corrected chi connectivity index (χ0v) is 16.4. The van der Waals surface area contributed by atoms with Crippen molar-refractivity contribution < 1.29 is 14.3 Å². The number of nitrogens with zero attached hydrogens (tertiary/aromatic N) is 2. The maximum atomic E-state index is 12.3. The van der Waals surface area contributed by atoms with E-state index in [1.807, 2.05) is 0 Å². The third kappa shape index (κ3) is 4.50. The number of hydrogen-bond acceptors (Lipinski definition) is 6. The first-order chi connectivity index (χ1) is 13.0. The van der Waals surface area contributed by atoms with E-state index in [4.69, 9.17) is 27.9 Å². The second-order valence-electron chi connectivity index (χ2n) is 5.34. The van der Waals surface area contributed by atoms with Crippen LogP contribution in [-0.2, 0) is 9.53 Å². The van der Waals surface area contributed by atoms with E-state index in [0.29, 0.717) is 31.7 Å². The molecule has 0 aliphatic carbocycles. The van der Waals surface area contributed by atoms with Crippen LogP contribution in [0.15, 0.2) is 47.8 Å². The Kier molecular flexibility index (Phi) is 6.15. The number of carbonyl (C=O) groups excluding carboxylic acids is 2. The molecule has 1 heterocycles. The second-order valence-corrected chi connectivity index (χ2v) is 7.14. The summed E-state index contributed by atoms with van der Waals surface area (Å²) in [7, 11) is 1.28. The topological polar surface area (TPSA) is 81.2 Å². The Morgan fingerprint density at radius 1 is 1.19 bits per heavy atom. The summed E-state index contributed by atoms with van der Waals surface area (Å²) < 4.78 is 4.72. The number of fused-ring (bicyclic) bond motifs is 1. The zero-order chi connectivity index (χ0) is 19.4. The van der Waals surface area contributed by atoms with Gasteiger partial charge in [0.15, 0.2) is 0 Å². The van der Waals surface area contributed by atoms with Crippen molar-refractivity contribution in [3.05, 3.63) is 58.3 Å². The van der Waals surface area contributed by atoms with E-state index < -0.39 is 5.97 Å². The molecule has 3 aromatic rings. The number of esters is 1. The van der Waals surface area contributed by atoms with Crippen LogP contribution in [0.1, 0.15) is 10.4 Å². The Bertz CT molecular complexity index is 1030. The van der Waals surface area contributed by atoms with E-state index in [-0.39, 0.29) is 17.2 Å². The molecule has 0 fully saturated rings. The maximum absolute atomic E-state index is 12.3. The van der Waals surface area contributed by atoms with Crippen molar-refractivity contribution in [1.29, 1.82) is 0 Å². The quantitative estimate of drug-likeness (QED) is 0.372. The highest BCUT2D eigenvalue weighted by Crippen LogP contribution is 2.31. The third-order valence-corrected chi connectivity index (χ3v) is 5.08. The van der Waals surface area contributed by atoms with Crippen molar-refractivity contribution >= 4 is 63.4 Å². The highest BCUT2D eigenvalue weighted by atomic mass is 35.5. The summed E-state index contributed by atoms with van der Waals surface area (Å²) in [5.74, 6) is -0.743. The van der Waals surface area contributed by atoms with Gasteiger partial charge in [-0.05, 0) is 24.3 Å². The van der Waals surface area contributed by atoms with Crippen molar-refractivity contribution in [3.8, 4) is 0 Å². The molecule has 0 aliphatic heterocycles. The Labute approximate surface area is 169 Å². The normalized spacial score (nSPS) is 10.6. The van der Waals surface area contributed by atoms with E-state index in [0.717, 1.165) is 0 Å². The van der Waals surface area contributed by atoms with E-state index in [1.165, 1.54) is 25.2 Å². The van der Waals surface area contributed by atoms with Gasteiger partial charge < -0.3 is 10.1 Å². The fourth-order valence-corrected chi connectivity index (χ4v) is 3.70. The number of amides is 1. The van der Waals surface area contributed by atoms with Gasteiger partial charge in [0.1, 0.15) is 11.4 Å². The minimum absolute atomic E-state index is 0.0752. The van der Waals surface area contributed by atoms with Crippen LogP contribution >= 0.6 is 35.0 Å². The molecule has 2 aromatic carbocycles. The number of halogens is 2. The van der Waals surface area contributed by atoms with E-state index >= 15 is 0 Å². The molecule has 138 valence electrons. The van der Waals surface area contributed by atoms with Crippen LogP contribution in [0.5, 0.6) is 0 Å². The summed E-state index contributed by atoms with van der Waals surface area (Å²) in [6.45, 7) is 0. The van der Waals surface area contributed by atoms with Crippen molar-refractivity contribution in [1.82, 2.24) is 9.97 Å². The Balaban J connectivity index is 1.76. The van der Waals surface area contributed by atoms with Gasteiger partial charge in [-0.2, -0.15) is 0 Å². The SMILES string of the molecule is COC(=O)c1ccccc1NC(=O)CSc1ncnc2c(Cl)cc(Cl)cc12. The number of thioether (sulfide) groups is 1. The number of rotatable bonds is 5. The van der Waals surface area contributed by atoms with Crippen LogP contribution in [0.2, 0.25) is 10.0 Å². The van der Waals surface area contributed by atoms with Gasteiger partial charge in [0.2, 0.25) is 5.91 Å². The zero-order valence-electron chi connectivity index (χ0n) is 14.0. The molecule has 0 atom stereocenters. The number of ether oxygens (including phenoxy) is 1.